The van der Waals surface area contributed by atoms with Gasteiger partial charge in [0.05, 0.1) is 18.9 Å². The van der Waals surface area contributed by atoms with E-state index in [0.29, 0.717) is 19.5 Å². The van der Waals surface area contributed by atoms with Crippen molar-refractivity contribution in [3.8, 4) is 0 Å². The number of amides is 1. The van der Waals surface area contributed by atoms with Crippen molar-refractivity contribution in [2.75, 3.05) is 13.7 Å². The van der Waals surface area contributed by atoms with Gasteiger partial charge in [0.15, 0.2) is 0 Å². The second-order valence-corrected chi connectivity index (χ2v) is 6.23. The molecule has 0 bridgehead atoms. The van der Waals surface area contributed by atoms with E-state index < -0.39 is 5.41 Å². The first-order chi connectivity index (χ1) is 8.85. The number of ether oxygens (including phenoxy) is 1. The van der Waals surface area contributed by atoms with Crippen LogP contribution in [0.3, 0.4) is 0 Å². The zero-order valence-electron chi connectivity index (χ0n) is 11.5. The summed E-state index contributed by atoms with van der Waals surface area (Å²) in [5, 5.41) is 3.20. The molecule has 0 atom stereocenters. The summed E-state index contributed by atoms with van der Waals surface area (Å²) in [6, 6.07) is 3.88. The predicted molar refractivity (Wildman–Crippen MR) is 74.7 cm³/mol. The third kappa shape index (κ3) is 5.00. The Kier molecular flexibility index (Phi) is 5.50. The van der Waals surface area contributed by atoms with Crippen LogP contribution >= 0.6 is 11.3 Å². The predicted octanol–water partition coefficient (Wildman–Crippen LogP) is 1.06. The molecule has 1 rings (SSSR count). The number of hydrogen-bond acceptors (Lipinski definition) is 5. The van der Waals surface area contributed by atoms with Crippen molar-refractivity contribution < 1.29 is 14.3 Å². The van der Waals surface area contributed by atoms with Crippen molar-refractivity contribution in [1.29, 1.82) is 0 Å². The first kappa shape index (κ1) is 15.7. The van der Waals surface area contributed by atoms with Crippen LogP contribution in [0.15, 0.2) is 12.1 Å². The van der Waals surface area contributed by atoms with E-state index in [9.17, 15) is 9.59 Å². The quantitative estimate of drug-likeness (QED) is 0.734. The van der Waals surface area contributed by atoms with Gasteiger partial charge in [-0.05, 0) is 26.0 Å². The Morgan fingerprint density at radius 1 is 1.37 bits per heavy atom. The minimum atomic E-state index is -0.563. The minimum Gasteiger partial charge on any atom is -0.469 e. The zero-order chi connectivity index (χ0) is 14.5. The summed E-state index contributed by atoms with van der Waals surface area (Å²) >= 11 is 1.56. The van der Waals surface area contributed by atoms with E-state index in [4.69, 9.17) is 5.73 Å². The summed E-state index contributed by atoms with van der Waals surface area (Å²) in [6.45, 7) is 4.79. The molecule has 0 spiro atoms. The molecule has 0 aliphatic heterocycles. The molecule has 106 valence electrons. The number of rotatable bonds is 7. The number of nitrogens with two attached hydrogens (primary N) is 1. The largest absolute Gasteiger partial charge is 0.469 e. The molecular formula is C13H20N2O3S. The molecule has 5 nitrogen and oxygen atoms in total. The molecule has 6 heteroatoms. The molecule has 0 fully saturated rings. The third-order valence-electron chi connectivity index (χ3n) is 2.80. The van der Waals surface area contributed by atoms with Gasteiger partial charge < -0.3 is 15.8 Å². The van der Waals surface area contributed by atoms with Crippen LogP contribution in [0.1, 0.15) is 23.6 Å². The first-order valence-corrected chi connectivity index (χ1v) is 6.82. The number of carbonyl (C=O) groups excluding carboxylic acids is 2. The van der Waals surface area contributed by atoms with Crippen molar-refractivity contribution in [2.24, 2.45) is 11.1 Å². The minimum absolute atomic E-state index is 0.240. The van der Waals surface area contributed by atoms with Gasteiger partial charge in [0.25, 0.3) is 0 Å². The summed E-state index contributed by atoms with van der Waals surface area (Å²) in [5.41, 5.74) is 4.73. The van der Waals surface area contributed by atoms with Gasteiger partial charge in [-0.1, -0.05) is 0 Å². The second kappa shape index (κ2) is 6.68. The van der Waals surface area contributed by atoms with E-state index in [1.807, 2.05) is 12.1 Å². The lowest BCUT2D eigenvalue weighted by Crippen LogP contribution is -2.40. The summed E-state index contributed by atoms with van der Waals surface area (Å²) < 4.78 is 4.62. The molecule has 0 radical (unpaired) electrons. The van der Waals surface area contributed by atoms with Crippen molar-refractivity contribution >= 4 is 23.2 Å². The molecule has 0 aliphatic rings. The Morgan fingerprint density at radius 3 is 2.58 bits per heavy atom. The monoisotopic (exact) mass is 284 g/mol. The third-order valence-corrected chi connectivity index (χ3v) is 3.88. The van der Waals surface area contributed by atoms with Crippen molar-refractivity contribution in [1.82, 2.24) is 5.32 Å². The zero-order valence-corrected chi connectivity index (χ0v) is 12.3. The van der Waals surface area contributed by atoms with Gasteiger partial charge in [0.1, 0.15) is 0 Å². The Balaban J connectivity index is 2.42. The average Bonchev–Trinajstić information content (AvgIpc) is 2.76. The van der Waals surface area contributed by atoms with Crippen LogP contribution in [0.4, 0.5) is 0 Å². The fourth-order valence-corrected chi connectivity index (χ4v) is 2.39. The van der Waals surface area contributed by atoms with Gasteiger partial charge >= 0.3 is 5.97 Å². The first-order valence-electron chi connectivity index (χ1n) is 6.00. The van der Waals surface area contributed by atoms with Gasteiger partial charge in [-0.15, -0.1) is 11.3 Å². The molecule has 19 heavy (non-hydrogen) atoms. The highest BCUT2D eigenvalue weighted by Gasteiger charge is 2.24. The normalized spacial score (nSPS) is 11.3. The summed E-state index contributed by atoms with van der Waals surface area (Å²) in [5.74, 6) is -0.561. The van der Waals surface area contributed by atoms with E-state index in [-0.39, 0.29) is 11.9 Å². The van der Waals surface area contributed by atoms with Crippen LogP contribution in [0, 0.1) is 5.41 Å². The molecule has 1 aromatic rings. The van der Waals surface area contributed by atoms with E-state index in [1.165, 1.54) is 7.11 Å². The molecule has 0 aliphatic carbocycles. The second-order valence-electron chi connectivity index (χ2n) is 4.97. The molecule has 0 saturated heterocycles. The summed E-state index contributed by atoms with van der Waals surface area (Å²) in [7, 11) is 1.38. The number of carbonyl (C=O) groups is 2. The Morgan fingerprint density at radius 2 is 2.00 bits per heavy atom. The van der Waals surface area contributed by atoms with Gasteiger partial charge in [0, 0.05) is 22.8 Å². The summed E-state index contributed by atoms with van der Waals surface area (Å²) in [6.07, 6.45) is 0.300. The van der Waals surface area contributed by atoms with Crippen molar-refractivity contribution in [3.05, 3.63) is 21.9 Å². The van der Waals surface area contributed by atoms with Crippen LogP contribution in [0.5, 0.6) is 0 Å². The number of primary amides is 1. The lowest BCUT2D eigenvalue weighted by atomic mass is 9.93. The van der Waals surface area contributed by atoms with Crippen LogP contribution < -0.4 is 11.1 Å². The lowest BCUT2D eigenvalue weighted by molar-refractivity contribution is -0.139. The van der Waals surface area contributed by atoms with E-state index in [2.05, 4.69) is 10.1 Å². The average molecular weight is 284 g/mol. The SMILES string of the molecule is COC(=O)Cc1ccc(CNCC(C)(C)C(N)=O)s1. The maximum Gasteiger partial charge on any atom is 0.310 e. The maximum absolute atomic E-state index is 11.2. The molecular weight excluding hydrogens is 264 g/mol. The number of hydrogen-bond donors (Lipinski definition) is 2. The fourth-order valence-electron chi connectivity index (χ4n) is 1.41. The highest BCUT2D eigenvalue weighted by atomic mass is 32.1. The maximum atomic E-state index is 11.2. The standard InChI is InChI=1S/C13H20N2O3S/c1-13(2,12(14)17)8-15-7-10-5-4-9(19-10)6-11(16)18-3/h4-5,15H,6-8H2,1-3H3,(H2,14,17). The number of thiophene rings is 1. The smallest absolute Gasteiger partial charge is 0.310 e. The van der Waals surface area contributed by atoms with Crippen molar-refractivity contribution in [3.63, 3.8) is 0 Å². The van der Waals surface area contributed by atoms with Crippen LogP contribution in [0.25, 0.3) is 0 Å². The van der Waals surface area contributed by atoms with Crippen LogP contribution in [-0.4, -0.2) is 25.5 Å². The molecule has 1 heterocycles. The molecule has 1 aromatic heterocycles. The number of methoxy groups -OCH3 is 1. The Hall–Kier alpha value is -1.40. The van der Waals surface area contributed by atoms with E-state index in [1.54, 1.807) is 25.2 Å². The number of nitrogens with one attached hydrogen (secondary N) is 1. The van der Waals surface area contributed by atoms with Crippen LogP contribution in [0.2, 0.25) is 0 Å². The Labute approximate surface area is 117 Å². The molecule has 1 amide bonds. The van der Waals surface area contributed by atoms with E-state index >= 15 is 0 Å². The highest BCUT2D eigenvalue weighted by molar-refractivity contribution is 7.12. The van der Waals surface area contributed by atoms with Gasteiger partial charge in [-0.25, -0.2) is 0 Å². The van der Waals surface area contributed by atoms with Crippen LogP contribution in [-0.2, 0) is 27.3 Å². The highest BCUT2D eigenvalue weighted by Crippen LogP contribution is 2.18. The molecule has 0 unspecified atom stereocenters. The topological polar surface area (TPSA) is 81.4 Å². The molecule has 0 saturated carbocycles. The van der Waals surface area contributed by atoms with Gasteiger partial charge in [-0.3, -0.25) is 9.59 Å². The fraction of sp³-hybridized carbons (Fsp3) is 0.538. The molecule has 0 aromatic carbocycles. The van der Waals surface area contributed by atoms with Gasteiger partial charge in [0.2, 0.25) is 5.91 Å². The Bertz CT molecular complexity index is 454. The lowest BCUT2D eigenvalue weighted by Gasteiger charge is -2.20. The van der Waals surface area contributed by atoms with E-state index in [0.717, 1.165) is 9.75 Å². The van der Waals surface area contributed by atoms with Crippen molar-refractivity contribution in [2.45, 2.75) is 26.8 Å². The summed E-state index contributed by atoms with van der Waals surface area (Å²) in [4.78, 5) is 24.4. The molecule has 3 N–H and O–H groups in total. The number of esters is 1. The van der Waals surface area contributed by atoms with Gasteiger partial charge in [-0.2, -0.15) is 0 Å².